The van der Waals surface area contributed by atoms with Crippen molar-refractivity contribution in [1.82, 2.24) is 24.8 Å². The van der Waals surface area contributed by atoms with Crippen LogP contribution in [0.2, 0.25) is 0 Å². The van der Waals surface area contributed by atoms with E-state index in [0.717, 1.165) is 32.7 Å². The van der Waals surface area contributed by atoms with Crippen molar-refractivity contribution >= 4 is 11.6 Å². The Morgan fingerprint density at radius 3 is 2.47 bits per heavy atom. The van der Waals surface area contributed by atoms with Crippen LogP contribution in [0.3, 0.4) is 0 Å². The summed E-state index contributed by atoms with van der Waals surface area (Å²) >= 11 is 0. The number of hydrogen-bond donors (Lipinski definition) is 1. The highest BCUT2D eigenvalue weighted by atomic mass is 16.5. The van der Waals surface area contributed by atoms with Gasteiger partial charge in [0.05, 0.1) is 23.6 Å². The molecule has 34 heavy (non-hydrogen) atoms. The second-order valence-corrected chi connectivity index (χ2v) is 9.14. The van der Waals surface area contributed by atoms with Crippen molar-refractivity contribution < 1.29 is 4.74 Å². The van der Waals surface area contributed by atoms with E-state index in [1.165, 1.54) is 23.6 Å². The summed E-state index contributed by atoms with van der Waals surface area (Å²) in [4.78, 5) is 30.3. The maximum atomic E-state index is 12.7. The van der Waals surface area contributed by atoms with E-state index in [0.29, 0.717) is 17.3 Å². The summed E-state index contributed by atoms with van der Waals surface area (Å²) in [7, 11) is 1.77. The molecule has 3 unspecified atom stereocenters. The van der Waals surface area contributed by atoms with Gasteiger partial charge in [-0.1, -0.05) is 12.1 Å². The zero-order chi connectivity index (χ0) is 23.7. The molecular formula is C25H31N7O2. The van der Waals surface area contributed by atoms with Crippen molar-refractivity contribution in [2.24, 2.45) is 7.05 Å². The molecule has 3 atom stereocenters. The van der Waals surface area contributed by atoms with E-state index >= 15 is 0 Å². The quantitative estimate of drug-likeness (QED) is 0.631. The maximum Gasteiger partial charge on any atom is 0.255 e. The fraction of sp³-hybridized carbons (Fsp3) is 0.440. The van der Waals surface area contributed by atoms with Crippen LogP contribution in [0.1, 0.15) is 25.5 Å². The third-order valence-electron chi connectivity index (χ3n) is 6.49. The average Bonchev–Trinajstić information content (AvgIpc) is 2.86. The lowest BCUT2D eigenvalue weighted by molar-refractivity contribution is -0.00521. The summed E-state index contributed by atoms with van der Waals surface area (Å²) < 4.78 is 7.48. The number of aromatic nitrogens is 4. The number of piperazine rings is 1. The van der Waals surface area contributed by atoms with E-state index in [2.05, 4.69) is 63.2 Å². The highest BCUT2D eigenvalue weighted by Crippen LogP contribution is 2.26. The number of anilines is 2. The largest absolute Gasteiger partial charge is 0.372 e. The van der Waals surface area contributed by atoms with Crippen molar-refractivity contribution in [3.05, 3.63) is 64.8 Å². The van der Waals surface area contributed by atoms with Gasteiger partial charge in [0.2, 0.25) is 5.95 Å². The summed E-state index contributed by atoms with van der Waals surface area (Å²) in [6, 6.07) is 12.2. The van der Waals surface area contributed by atoms with Crippen molar-refractivity contribution in [3.63, 3.8) is 0 Å². The van der Waals surface area contributed by atoms with Crippen LogP contribution in [-0.2, 0) is 11.8 Å². The predicted octanol–water partition coefficient (Wildman–Crippen LogP) is 2.00. The Balaban J connectivity index is 1.35. The molecule has 9 heteroatoms. The van der Waals surface area contributed by atoms with E-state index in [9.17, 15) is 4.79 Å². The number of nitrogens with one attached hydrogen (secondary N) is 1. The van der Waals surface area contributed by atoms with Crippen LogP contribution in [0.15, 0.2) is 53.7 Å². The normalized spacial score (nSPS) is 23.2. The first kappa shape index (κ1) is 22.5. The van der Waals surface area contributed by atoms with Gasteiger partial charge in [-0.3, -0.25) is 9.36 Å². The molecule has 2 aliphatic rings. The molecule has 9 nitrogen and oxygen atoms in total. The van der Waals surface area contributed by atoms with Crippen LogP contribution < -0.4 is 20.7 Å². The fourth-order valence-electron chi connectivity index (χ4n) is 4.84. The van der Waals surface area contributed by atoms with Crippen LogP contribution in [0, 0.1) is 0 Å². The van der Waals surface area contributed by atoms with Crippen LogP contribution >= 0.6 is 0 Å². The van der Waals surface area contributed by atoms with Crippen molar-refractivity contribution in [3.8, 4) is 11.4 Å². The van der Waals surface area contributed by atoms with Gasteiger partial charge in [-0.05, 0) is 37.6 Å². The van der Waals surface area contributed by atoms with Crippen molar-refractivity contribution in [2.45, 2.75) is 32.1 Å². The zero-order valence-electron chi connectivity index (χ0n) is 19.9. The number of ether oxygens (including phenoxy) is 1. The molecule has 5 rings (SSSR count). The van der Waals surface area contributed by atoms with E-state index in [4.69, 9.17) is 9.72 Å². The highest BCUT2D eigenvalue weighted by Gasteiger charge is 2.26. The summed E-state index contributed by atoms with van der Waals surface area (Å²) in [6.45, 7) is 8.35. The van der Waals surface area contributed by atoms with Gasteiger partial charge in [0, 0.05) is 63.8 Å². The average molecular weight is 462 g/mol. The number of rotatable bonds is 4. The molecule has 3 aromatic rings. The van der Waals surface area contributed by atoms with Gasteiger partial charge in [-0.2, -0.15) is 0 Å². The predicted molar refractivity (Wildman–Crippen MR) is 132 cm³/mol. The lowest BCUT2D eigenvalue weighted by atomic mass is 10.0. The molecule has 0 radical (unpaired) electrons. The first-order valence-electron chi connectivity index (χ1n) is 11.8. The van der Waals surface area contributed by atoms with E-state index in [-0.39, 0.29) is 23.8 Å². The third kappa shape index (κ3) is 4.67. The van der Waals surface area contributed by atoms with Gasteiger partial charge in [-0.15, -0.1) is 0 Å². The Hall–Kier alpha value is -3.30. The second-order valence-electron chi connectivity index (χ2n) is 9.14. The Morgan fingerprint density at radius 1 is 1.00 bits per heavy atom. The van der Waals surface area contributed by atoms with Gasteiger partial charge in [0.15, 0.2) is 0 Å². The Labute approximate surface area is 199 Å². The molecule has 4 heterocycles. The van der Waals surface area contributed by atoms with Crippen molar-refractivity contribution in [2.75, 3.05) is 42.5 Å². The Bertz CT molecular complexity index is 1170. The van der Waals surface area contributed by atoms with Crippen LogP contribution in [0.25, 0.3) is 11.4 Å². The van der Waals surface area contributed by atoms with E-state index in [1.54, 1.807) is 23.9 Å². The van der Waals surface area contributed by atoms with Gasteiger partial charge in [0.25, 0.3) is 5.56 Å². The second kappa shape index (κ2) is 9.52. The molecule has 2 aromatic heterocycles. The molecule has 2 saturated heterocycles. The van der Waals surface area contributed by atoms with E-state index < -0.39 is 0 Å². The monoisotopic (exact) mass is 461 g/mol. The number of morpholine rings is 1. The molecule has 0 aliphatic carbocycles. The third-order valence-corrected chi connectivity index (χ3v) is 6.49. The van der Waals surface area contributed by atoms with Gasteiger partial charge in [0.1, 0.15) is 6.33 Å². The van der Waals surface area contributed by atoms with Gasteiger partial charge < -0.3 is 19.9 Å². The lowest BCUT2D eigenvalue weighted by Crippen LogP contribution is -2.48. The highest BCUT2D eigenvalue weighted by molar-refractivity contribution is 5.55. The first-order valence-corrected chi connectivity index (χ1v) is 11.8. The molecule has 2 fully saturated rings. The van der Waals surface area contributed by atoms with Crippen LogP contribution in [0.5, 0.6) is 0 Å². The minimum Gasteiger partial charge on any atom is -0.372 e. The molecule has 1 N–H and O–H groups in total. The summed E-state index contributed by atoms with van der Waals surface area (Å²) in [5.41, 5.74) is 3.55. The van der Waals surface area contributed by atoms with Gasteiger partial charge >= 0.3 is 0 Å². The summed E-state index contributed by atoms with van der Waals surface area (Å²) in [5.74, 6) is 0.653. The standard InChI is InChI=1S/C25H31N7O2/c1-17-13-32(14-18(2)34-17)20-6-4-19(5-7-20)23-15-31(11-10-27-23)25-29-22(12-24(33)30(25)3)21-8-9-26-16-28-21/h4-9,12,16-18,23,27H,10-11,13-15H2,1-3H3. The smallest absolute Gasteiger partial charge is 0.255 e. The van der Waals surface area contributed by atoms with Crippen LogP contribution in [0.4, 0.5) is 11.6 Å². The summed E-state index contributed by atoms with van der Waals surface area (Å²) in [5, 5.41) is 3.62. The molecule has 0 amide bonds. The first-order chi connectivity index (χ1) is 16.5. The Morgan fingerprint density at radius 2 is 1.76 bits per heavy atom. The molecule has 0 spiro atoms. The molecule has 2 aliphatic heterocycles. The van der Waals surface area contributed by atoms with E-state index in [1.807, 2.05) is 0 Å². The molecular weight excluding hydrogens is 430 g/mol. The molecule has 0 bridgehead atoms. The minimum absolute atomic E-state index is 0.105. The van der Waals surface area contributed by atoms with Gasteiger partial charge in [-0.25, -0.2) is 15.0 Å². The zero-order valence-corrected chi connectivity index (χ0v) is 19.9. The van der Waals surface area contributed by atoms with Crippen LogP contribution in [-0.4, -0.2) is 64.5 Å². The number of benzene rings is 1. The topological polar surface area (TPSA) is 88.4 Å². The number of nitrogens with zero attached hydrogens (tertiary/aromatic N) is 6. The molecule has 178 valence electrons. The lowest BCUT2D eigenvalue weighted by Gasteiger charge is -2.37. The SMILES string of the molecule is CC1CN(c2ccc(C3CN(c4nc(-c5ccncn5)cc(=O)n4C)CCN3)cc2)CC(C)O1. The Kier molecular flexibility index (Phi) is 6.30. The molecule has 1 aromatic carbocycles. The minimum atomic E-state index is -0.105. The maximum absolute atomic E-state index is 12.7. The summed E-state index contributed by atoms with van der Waals surface area (Å²) in [6.07, 6.45) is 3.59. The fourth-order valence-corrected chi connectivity index (χ4v) is 4.84. The number of hydrogen-bond acceptors (Lipinski definition) is 8. The van der Waals surface area contributed by atoms with Crippen molar-refractivity contribution in [1.29, 1.82) is 0 Å². The molecule has 0 saturated carbocycles.